The summed E-state index contributed by atoms with van der Waals surface area (Å²) >= 11 is 11.9. The van der Waals surface area contributed by atoms with E-state index in [-0.39, 0.29) is 26.9 Å². The average molecular weight is 436 g/mol. The fourth-order valence-electron chi connectivity index (χ4n) is 2.37. The molecule has 2 aromatic carbocycles. The maximum atomic E-state index is 12.6. The SMILES string of the molecule is Oc1cc(Cl)c(OCCCCOc2ccc3nc(C(F)(F)F)oc3c2)c(Cl)c1. The van der Waals surface area contributed by atoms with E-state index in [4.69, 9.17) is 37.1 Å². The number of phenols is 1. The van der Waals surface area contributed by atoms with Crippen LogP contribution in [0.2, 0.25) is 10.0 Å². The van der Waals surface area contributed by atoms with Crippen molar-refractivity contribution in [1.29, 1.82) is 0 Å². The van der Waals surface area contributed by atoms with Gasteiger partial charge in [0.1, 0.15) is 17.0 Å². The summed E-state index contributed by atoms with van der Waals surface area (Å²) in [6, 6.07) is 6.95. The second-order valence-corrected chi connectivity index (χ2v) is 6.60. The summed E-state index contributed by atoms with van der Waals surface area (Å²) in [7, 11) is 0. The fraction of sp³-hybridized carbons (Fsp3) is 0.278. The predicted octanol–water partition coefficient (Wildman–Crippen LogP) is 6.10. The Morgan fingerprint density at radius 1 is 1.00 bits per heavy atom. The summed E-state index contributed by atoms with van der Waals surface area (Å²) in [4.78, 5) is 3.39. The standard InChI is InChI=1S/C18H14Cl2F3NO4/c19-12-7-10(25)8-13(20)16(12)27-6-2-1-5-26-11-3-4-14-15(9-11)28-17(24-14)18(21,22)23/h3-4,7-9,25H,1-2,5-6H2. The molecule has 150 valence electrons. The molecule has 1 N–H and O–H groups in total. The van der Waals surface area contributed by atoms with Crippen LogP contribution in [0.3, 0.4) is 0 Å². The van der Waals surface area contributed by atoms with Crippen molar-refractivity contribution in [3.8, 4) is 17.2 Å². The molecule has 0 aliphatic rings. The van der Waals surface area contributed by atoms with Crippen molar-refractivity contribution in [3.63, 3.8) is 0 Å². The van der Waals surface area contributed by atoms with Crippen LogP contribution < -0.4 is 9.47 Å². The number of hydrogen-bond acceptors (Lipinski definition) is 5. The minimum atomic E-state index is -4.64. The maximum Gasteiger partial charge on any atom is 0.468 e. The third-order valence-electron chi connectivity index (χ3n) is 3.64. The topological polar surface area (TPSA) is 64.7 Å². The van der Waals surface area contributed by atoms with E-state index in [0.29, 0.717) is 37.6 Å². The quantitative estimate of drug-likeness (QED) is 0.454. The molecule has 0 fully saturated rings. The van der Waals surface area contributed by atoms with Crippen LogP contribution in [0.15, 0.2) is 34.7 Å². The highest BCUT2D eigenvalue weighted by Crippen LogP contribution is 2.36. The van der Waals surface area contributed by atoms with E-state index in [9.17, 15) is 18.3 Å². The summed E-state index contributed by atoms with van der Waals surface area (Å²) in [5.74, 6) is -0.675. The van der Waals surface area contributed by atoms with E-state index in [2.05, 4.69) is 4.98 Å². The minimum absolute atomic E-state index is 0.00442. The van der Waals surface area contributed by atoms with E-state index in [1.807, 2.05) is 0 Å². The first-order chi connectivity index (χ1) is 13.2. The predicted molar refractivity (Wildman–Crippen MR) is 97.4 cm³/mol. The van der Waals surface area contributed by atoms with Crippen LogP contribution in [-0.2, 0) is 6.18 Å². The third kappa shape index (κ3) is 4.94. The summed E-state index contributed by atoms with van der Waals surface area (Å²) in [5, 5.41) is 9.78. The van der Waals surface area contributed by atoms with Crippen molar-refractivity contribution in [2.45, 2.75) is 19.0 Å². The van der Waals surface area contributed by atoms with Gasteiger partial charge in [-0.3, -0.25) is 0 Å². The van der Waals surface area contributed by atoms with Gasteiger partial charge in [0, 0.05) is 18.2 Å². The molecule has 0 aliphatic carbocycles. The van der Waals surface area contributed by atoms with E-state index in [1.165, 1.54) is 30.3 Å². The average Bonchev–Trinajstić information content (AvgIpc) is 3.03. The number of ether oxygens (including phenoxy) is 2. The number of benzene rings is 2. The van der Waals surface area contributed by atoms with E-state index >= 15 is 0 Å². The molecule has 0 saturated heterocycles. The Balaban J connectivity index is 1.47. The zero-order valence-electron chi connectivity index (χ0n) is 14.2. The molecule has 28 heavy (non-hydrogen) atoms. The van der Waals surface area contributed by atoms with Gasteiger partial charge in [-0.05, 0) is 25.0 Å². The Kier molecular flexibility index (Phi) is 6.10. The number of oxazole rings is 1. The van der Waals surface area contributed by atoms with Gasteiger partial charge in [-0.1, -0.05) is 23.2 Å². The van der Waals surface area contributed by atoms with Crippen molar-refractivity contribution in [2.24, 2.45) is 0 Å². The highest BCUT2D eigenvalue weighted by molar-refractivity contribution is 6.37. The molecule has 0 spiro atoms. The molecule has 0 radical (unpaired) electrons. The molecule has 3 rings (SSSR count). The summed E-state index contributed by atoms with van der Waals surface area (Å²) in [5.41, 5.74) is 0.112. The lowest BCUT2D eigenvalue weighted by molar-refractivity contribution is -0.156. The second kappa shape index (κ2) is 8.36. The van der Waals surface area contributed by atoms with Crippen LogP contribution in [0.5, 0.6) is 17.2 Å². The van der Waals surface area contributed by atoms with Gasteiger partial charge in [0.05, 0.1) is 23.3 Å². The van der Waals surface area contributed by atoms with Gasteiger partial charge in [0.2, 0.25) is 0 Å². The summed E-state index contributed by atoms with van der Waals surface area (Å²) < 4.78 is 53.6. The Morgan fingerprint density at radius 3 is 2.29 bits per heavy atom. The Labute approximate surface area is 167 Å². The number of aromatic nitrogens is 1. The Morgan fingerprint density at radius 2 is 1.64 bits per heavy atom. The Hall–Kier alpha value is -2.32. The molecule has 1 heterocycles. The number of phenolic OH excluding ortho intramolecular Hbond substituents is 1. The number of rotatable bonds is 7. The zero-order valence-corrected chi connectivity index (χ0v) is 15.7. The minimum Gasteiger partial charge on any atom is -0.508 e. The zero-order chi connectivity index (χ0) is 20.3. The fourth-order valence-corrected chi connectivity index (χ4v) is 2.95. The third-order valence-corrected chi connectivity index (χ3v) is 4.20. The molecule has 0 unspecified atom stereocenters. The van der Waals surface area contributed by atoms with Crippen LogP contribution in [0, 0.1) is 0 Å². The van der Waals surface area contributed by atoms with Crippen LogP contribution in [0.1, 0.15) is 18.7 Å². The van der Waals surface area contributed by atoms with Gasteiger partial charge >= 0.3 is 12.1 Å². The Bertz CT molecular complexity index is 952. The maximum absolute atomic E-state index is 12.6. The number of aromatic hydroxyl groups is 1. The molecular formula is C18H14Cl2F3NO4. The first-order valence-corrected chi connectivity index (χ1v) is 8.91. The van der Waals surface area contributed by atoms with E-state index < -0.39 is 12.1 Å². The number of nitrogens with zero attached hydrogens (tertiary/aromatic N) is 1. The number of alkyl halides is 3. The smallest absolute Gasteiger partial charge is 0.468 e. The van der Waals surface area contributed by atoms with Crippen LogP contribution in [0.4, 0.5) is 13.2 Å². The van der Waals surface area contributed by atoms with E-state index in [1.54, 1.807) is 0 Å². The lowest BCUT2D eigenvalue weighted by Gasteiger charge is -2.10. The highest BCUT2D eigenvalue weighted by atomic mass is 35.5. The summed E-state index contributed by atoms with van der Waals surface area (Å²) in [6.45, 7) is 0.649. The molecule has 0 aliphatic heterocycles. The molecule has 10 heteroatoms. The first kappa shape index (κ1) is 20.4. The molecule has 0 atom stereocenters. The molecular weight excluding hydrogens is 422 g/mol. The molecule has 3 aromatic rings. The lowest BCUT2D eigenvalue weighted by atomic mass is 10.3. The van der Waals surface area contributed by atoms with Gasteiger partial charge in [0.15, 0.2) is 11.3 Å². The molecule has 0 bridgehead atoms. The largest absolute Gasteiger partial charge is 0.508 e. The molecule has 5 nitrogen and oxygen atoms in total. The molecule has 0 amide bonds. The van der Waals surface area contributed by atoms with Crippen molar-refractivity contribution in [2.75, 3.05) is 13.2 Å². The lowest BCUT2D eigenvalue weighted by Crippen LogP contribution is -2.04. The van der Waals surface area contributed by atoms with Crippen molar-refractivity contribution >= 4 is 34.3 Å². The van der Waals surface area contributed by atoms with Gasteiger partial charge in [-0.25, -0.2) is 4.98 Å². The van der Waals surface area contributed by atoms with E-state index in [0.717, 1.165) is 0 Å². The molecule has 0 saturated carbocycles. The van der Waals surface area contributed by atoms with Crippen molar-refractivity contribution < 1.29 is 32.2 Å². The number of fused-ring (bicyclic) bond motifs is 1. The second-order valence-electron chi connectivity index (χ2n) is 5.79. The van der Waals surface area contributed by atoms with Crippen LogP contribution in [0.25, 0.3) is 11.1 Å². The van der Waals surface area contributed by atoms with Crippen LogP contribution >= 0.6 is 23.2 Å². The number of unbranched alkanes of at least 4 members (excludes halogenated alkanes) is 1. The van der Waals surface area contributed by atoms with Gasteiger partial charge in [-0.2, -0.15) is 13.2 Å². The van der Waals surface area contributed by atoms with Crippen LogP contribution in [-0.4, -0.2) is 23.3 Å². The van der Waals surface area contributed by atoms with Gasteiger partial charge < -0.3 is 19.0 Å². The normalized spacial score (nSPS) is 11.8. The van der Waals surface area contributed by atoms with Crippen molar-refractivity contribution in [3.05, 3.63) is 46.3 Å². The highest BCUT2D eigenvalue weighted by Gasteiger charge is 2.37. The number of halogens is 5. The number of hydrogen-bond donors (Lipinski definition) is 1. The van der Waals surface area contributed by atoms with Gasteiger partial charge in [0.25, 0.3) is 0 Å². The summed E-state index contributed by atoms with van der Waals surface area (Å²) in [6.07, 6.45) is -3.39. The van der Waals surface area contributed by atoms with Gasteiger partial charge in [-0.15, -0.1) is 0 Å². The van der Waals surface area contributed by atoms with Crippen molar-refractivity contribution in [1.82, 2.24) is 4.98 Å². The first-order valence-electron chi connectivity index (χ1n) is 8.15. The monoisotopic (exact) mass is 435 g/mol. The molecule has 1 aromatic heterocycles.